The van der Waals surface area contributed by atoms with Gasteiger partial charge in [0.1, 0.15) is 0 Å². The van der Waals surface area contributed by atoms with Crippen molar-refractivity contribution in [2.24, 2.45) is 5.73 Å². The van der Waals surface area contributed by atoms with Gasteiger partial charge in [-0.15, -0.1) is 0 Å². The number of carbonyl (C=O) groups excluding carboxylic acids is 1. The number of hydrogen-bond acceptors (Lipinski definition) is 3. The number of carbonyl (C=O) groups is 1. The smallest absolute Gasteiger partial charge is 0.228 e. The average molecular weight is 284 g/mol. The van der Waals surface area contributed by atoms with Crippen molar-refractivity contribution in [1.29, 1.82) is 0 Å². The molecule has 110 valence electrons. The highest BCUT2D eigenvalue weighted by Gasteiger charge is 2.19. The minimum atomic E-state index is -0.718. The first-order valence-corrected chi connectivity index (χ1v) is 6.98. The van der Waals surface area contributed by atoms with E-state index in [2.05, 4.69) is 5.32 Å². The number of amides is 1. The molecule has 0 saturated carbocycles. The van der Waals surface area contributed by atoms with Gasteiger partial charge in [0.05, 0.1) is 12.0 Å². The molecular weight excluding hydrogens is 264 g/mol. The zero-order valence-corrected chi connectivity index (χ0v) is 11.8. The van der Waals surface area contributed by atoms with E-state index in [4.69, 9.17) is 5.73 Å². The molecule has 0 saturated heterocycles. The average Bonchev–Trinajstić information content (AvgIpc) is 2.55. The van der Waals surface area contributed by atoms with Crippen LogP contribution in [0.2, 0.25) is 0 Å². The maximum absolute atomic E-state index is 12.2. The molecule has 4 N–H and O–H groups in total. The molecular formula is C17H20N2O2. The van der Waals surface area contributed by atoms with Gasteiger partial charge in [-0.25, -0.2) is 0 Å². The number of hydrogen-bond donors (Lipinski definition) is 3. The second-order valence-electron chi connectivity index (χ2n) is 4.87. The van der Waals surface area contributed by atoms with Crippen LogP contribution in [0.3, 0.4) is 0 Å². The van der Waals surface area contributed by atoms with Gasteiger partial charge in [-0.3, -0.25) is 4.79 Å². The van der Waals surface area contributed by atoms with Crippen molar-refractivity contribution in [2.45, 2.75) is 12.0 Å². The predicted octanol–water partition coefficient (Wildman–Crippen LogP) is 1.58. The van der Waals surface area contributed by atoms with Crippen LogP contribution in [-0.2, 0) is 4.79 Å². The highest BCUT2D eigenvalue weighted by Crippen LogP contribution is 2.15. The topological polar surface area (TPSA) is 75.4 Å². The molecule has 0 aliphatic carbocycles. The number of rotatable bonds is 6. The molecule has 2 aromatic carbocycles. The maximum atomic E-state index is 12.2. The molecule has 2 unspecified atom stereocenters. The normalized spacial score (nSPS) is 13.4. The Morgan fingerprint density at radius 1 is 1.00 bits per heavy atom. The first-order valence-electron chi connectivity index (χ1n) is 6.98. The highest BCUT2D eigenvalue weighted by atomic mass is 16.3. The van der Waals surface area contributed by atoms with Crippen LogP contribution in [0.15, 0.2) is 60.7 Å². The van der Waals surface area contributed by atoms with Crippen LogP contribution < -0.4 is 11.1 Å². The van der Waals surface area contributed by atoms with Gasteiger partial charge in [-0.05, 0) is 11.1 Å². The van der Waals surface area contributed by atoms with Crippen LogP contribution in [0, 0.1) is 0 Å². The molecule has 0 fully saturated rings. The van der Waals surface area contributed by atoms with Crippen LogP contribution in [0.1, 0.15) is 23.1 Å². The summed E-state index contributed by atoms with van der Waals surface area (Å²) >= 11 is 0. The van der Waals surface area contributed by atoms with E-state index in [0.29, 0.717) is 0 Å². The summed E-state index contributed by atoms with van der Waals surface area (Å²) < 4.78 is 0. The number of aliphatic hydroxyl groups excluding tert-OH is 1. The van der Waals surface area contributed by atoms with Gasteiger partial charge in [0.25, 0.3) is 0 Å². The molecule has 0 spiro atoms. The zero-order valence-electron chi connectivity index (χ0n) is 11.8. The maximum Gasteiger partial charge on any atom is 0.228 e. The summed E-state index contributed by atoms with van der Waals surface area (Å²) in [6.07, 6.45) is -0.718. The third-order valence-electron chi connectivity index (χ3n) is 3.41. The lowest BCUT2D eigenvalue weighted by atomic mass is 9.98. The summed E-state index contributed by atoms with van der Waals surface area (Å²) in [6, 6.07) is 18.7. The Morgan fingerprint density at radius 3 is 2.05 bits per heavy atom. The fourth-order valence-corrected chi connectivity index (χ4v) is 2.19. The summed E-state index contributed by atoms with van der Waals surface area (Å²) in [4.78, 5) is 12.2. The first-order chi connectivity index (χ1) is 10.2. The summed E-state index contributed by atoms with van der Waals surface area (Å²) in [7, 11) is 0. The van der Waals surface area contributed by atoms with E-state index in [1.165, 1.54) is 0 Å². The first kappa shape index (κ1) is 15.2. The van der Waals surface area contributed by atoms with E-state index < -0.39 is 12.0 Å². The van der Waals surface area contributed by atoms with Gasteiger partial charge in [0.2, 0.25) is 5.91 Å². The SMILES string of the molecule is NCC(C(=O)NCC(O)c1ccccc1)c1ccccc1. The van der Waals surface area contributed by atoms with E-state index in [0.717, 1.165) is 11.1 Å². The van der Waals surface area contributed by atoms with Gasteiger partial charge < -0.3 is 16.2 Å². The number of aliphatic hydroxyl groups is 1. The zero-order chi connectivity index (χ0) is 15.1. The number of nitrogens with two attached hydrogens (primary N) is 1. The highest BCUT2D eigenvalue weighted by molar-refractivity contribution is 5.83. The van der Waals surface area contributed by atoms with Crippen LogP contribution in [-0.4, -0.2) is 24.1 Å². The molecule has 4 nitrogen and oxygen atoms in total. The van der Waals surface area contributed by atoms with Crippen molar-refractivity contribution in [3.8, 4) is 0 Å². The Kier molecular flexibility index (Phi) is 5.49. The molecule has 2 aromatic rings. The van der Waals surface area contributed by atoms with E-state index in [1.807, 2.05) is 60.7 Å². The van der Waals surface area contributed by atoms with Gasteiger partial charge in [-0.2, -0.15) is 0 Å². The molecule has 0 aliphatic heterocycles. The van der Waals surface area contributed by atoms with Crippen molar-refractivity contribution in [3.05, 3.63) is 71.8 Å². The van der Waals surface area contributed by atoms with Gasteiger partial charge in [-0.1, -0.05) is 60.7 Å². The monoisotopic (exact) mass is 284 g/mol. The summed E-state index contributed by atoms with van der Waals surface area (Å²) in [6.45, 7) is 0.406. The molecule has 21 heavy (non-hydrogen) atoms. The Balaban J connectivity index is 1.94. The molecule has 0 radical (unpaired) electrons. The molecule has 0 aromatic heterocycles. The summed E-state index contributed by atoms with van der Waals surface area (Å²) in [5, 5.41) is 12.8. The molecule has 2 atom stereocenters. The van der Waals surface area contributed by atoms with Crippen LogP contribution >= 0.6 is 0 Å². The predicted molar refractivity (Wildman–Crippen MR) is 82.6 cm³/mol. The summed E-state index contributed by atoms with van der Waals surface area (Å²) in [5.74, 6) is -0.562. The molecule has 0 bridgehead atoms. The third kappa shape index (κ3) is 4.15. The van der Waals surface area contributed by atoms with Crippen molar-refractivity contribution in [2.75, 3.05) is 13.1 Å². The minimum absolute atomic E-state index is 0.168. The van der Waals surface area contributed by atoms with Crippen molar-refractivity contribution >= 4 is 5.91 Å². The van der Waals surface area contributed by atoms with Crippen LogP contribution in [0.25, 0.3) is 0 Å². The summed E-state index contributed by atoms with van der Waals surface area (Å²) in [5.41, 5.74) is 7.36. The van der Waals surface area contributed by atoms with E-state index >= 15 is 0 Å². The lowest BCUT2D eigenvalue weighted by Crippen LogP contribution is -2.35. The van der Waals surface area contributed by atoms with E-state index in [-0.39, 0.29) is 19.0 Å². The molecule has 1 amide bonds. The number of benzene rings is 2. The van der Waals surface area contributed by atoms with Gasteiger partial charge in [0.15, 0.2) is 0 Å². The Bertz CT molecular complexity index is 558. The van der Waals surface area contributed by atoms with E-state index in [9.17, 15) is 9.90 Å². The molecule has 4 heteroatoms. The fraction of sp³-hybridized carbons (Fsp3) is 0.235. The lowest BCUT2D eigenvalue weighted by molar-refractivity contribution is -0.122. The van der Waals surface area contributed by atoms with Crippen molar-refractivity contribution in [1.82, 2.24) is 5.32 Å². The quantitative estimate of drug-likeness (QED) is 0.754. The van der Waals surface area contributed by atoms with E-state index in [1.54, 1.807) is 0 Å². The van der Waals surface area contributed by atoms with Gasteiger partial charge >= 0.3 is 0 Å². The fourth-order valence-electron chi connectivity index (χ4n) is 2.19. The second-order valence-corrected chi connectivity index (χ2v) is 4.87. The van der Waals surface area contributed by atoms with Crippen LogP contribution in [0.5, 0.6) is 0 Å². The van der Waals surface area contributed by atoms with Crippen LogP contribution in [0.4, 0.5) is 0 Å². The Hall–Kier alpha value is -2.17. The second kappa shape index (κ2) is 7.57. The Morgan fingerprint density at radius 2 is 1.52 bits per heavy atom. The molecule has 2 rings (SSSR count). The Labute approximate surface area is 124 Å². The largest absolute Gasteiger partial charge is 0.387 e. The minimum Gasteiger partial charge on any atom is -0.387 e. The third-order valence-corrected chi connectivity index (χ3v) is 3.41. The van der Waals surface area contributed by atoms with Crippen molar-refractivity contribution in [3.63, 3.8) is 0 Å². The molecule has 0 aliphatic rings. The van der Waals surface area contributed by atoms with Gasteiger partial charge in [0, 0.05) is 13.1 Å². The lowest BCUT2D eigenvalue weighted by Gasteiger charge is -2.17. The standard InChI is InChI=1S/C17H20N2O2/c18-11-15(13-7-3-1-4-8-13)17(21)19-12-16(20)14-9-5-2-6-10-14/h1-10,15-16,20H,11-12,18H2,(H,19,21). The number of nitrogens with one attached hydrogen (secondary N) is 1. The molecule has 0 heterocycles. The van der Waals surface area contributed by atoms with Crippen molar-refractivity contribution < 1.29 is 9.90 Å².